The molecule has 2 N–H and O–H groups in total. The second kappa shape index (κ2) is 13.9. The van der Waals surface area contributed by atoms with Crippen molar-refractivity contribution in [1.29, 1.82) is 0 Å². The molecule has 0 radical (unpaired) electrons. The molecule has 2 atom stereocenters. The Morgan fingerprint density at radius 2 is 0.864 bits per heavy atom. The molecule has 0 aliphatic rings. The highest BCUT2D eigenvalue weighted by Crippen LogP contribution is 2.41. The third-order valence-corrected chi connectivity index (χ3v) is 8.27. The van der Waals surface area contributed by atoms with Gasteiger partial charge >= 0.3 is 0 Å². The molecule has 4 aromatic carbocycles. The number of hydrogen-bond acceptors (Lipinski definition) is 5. The van der Waals surface area contributed by atoms with Crippen molar-refractivity contribution in [2.45, 2.75) is 11.2 Å². The summed E-state index contributed by atoms with van der Waals surface area (Å²) in [6, 6.07) is 32.1. The van der Waals surface area contributed by atoms with E-state index in [-0.39, 0.29) is 0 Å². The summed E-state index contributed by atoms with van der Waals surface area (Å²) in [7, 11) is 0. The first-order valence-corrected chi connectivity index (χ1v) is 14.9. The van der Waals surface area contributed by atoms with Gasteiger partial charge in [0.2, 0.25) is 0 Å². The smallest absolute Gasteiger partial charge is 0.144 e. The van der Waals surface area contributed by atoms with Gasteiger partial charge in [-0.3, -0.25) is 4.98 Å². The fourth-order valence-corrected chi connectivity index (χ4v) is 5.71. The fourth-order valence-electron chi connectivity index (χ4n) is 4.91. The van der Waals surface area contributed by atoms with Crippen LogP contribution in [0.1, 0.15) is 33.4 Å². The summed E-state index contributed by atoms with van der Waals surface area (Å²) in [5.41, 5.74) is 0.816. The summed E-state index contributed by atoms with van der Waals surface area (Å²) in [5.74, 6) is 0. The van der Waals surface area contributed by atoms with Gasteiger partial charge in [0.05, 0.1) is 0 Å². The van der Waals surface area contributed by atoms with E-state index in [0.717, 1.165) is 0 Å². The Morgan fingerprint density at radius 3 is 1.30 bits per heavy atom. The number of aliphatic hydroxyl groups is 2. The zero-order valence-electron chi connectivity index (χ0n) is 23.0. The normalized spacial score (nSPS) is 13.6. The topological polar surface area (TPSA) is 79.1 Å². The molecule has 2 unspecified atom stereocenters. The molecule has 2 aromatic heterocycles. The lowest BCUT2D eigenvalue weighted by molar-refractivity contribution is 0.125. The minimum absolute atomic E-state index is 0.462. The predicted octanol–water partition coefficient (Wildman–Crippen LogP) is 8.74. The highest BCUT2D eigenvalue weighted by molar-refractivity contribution is 6.32. The van der Waals surface area contributed by atoms with Gasteiger partial charge in [-0.1, -0.05) is 113 Å². The molecule has 0 aliphatic carbocycles. The molecule has 5 nitrogen and oxygen atoms in total. The molecule has 0 saturated carbocycles. The Morgan fingerprint density at radius 1 is 0.432 bits per heavy atom. The van der Waals surface area contributed by atoms with Gasteiger partial charge in [-0.2, -0.15) is 0 Å². The van der Waals surface area contributed by atoms with E-state index in [2.05, 4.69) is 15.0 Å². The van der Waals surface area contributed by atoms with Gasteiger partial charge in [-0.25, -0.2) is 9.97 Å². The van der Waals surface area contributed by atoms with Crippen LogP contribution in [0.4, 0.5) is 0 Å². The molecule has 0 aliphatic heterocycles. The van der Waals surface area contributed by atoms with Crippen molar-refractivity contribution < 1.29 is 10.2 Å². The van der Waals surface area contributed by atoms with E-state index < -0.39 is 11.2 Å². The number of aromatic nitrogens is 3. The number of nitrogens with zero attached hydrogens (tertiary/aromatic N) is 3. The zero-order valence-corrected chi connectivity index (χ0v) is 26.1. The van der Waals surface area contributed by atoms with E-state index in [1.165, 1.54) is 6.33 Å². The van der Waals surface area contributed by atoms with Gasteiger partial charge in [0.15, 0.2) is 0 Å². The van der Waals surface area contributed by atoms with E-state index in [1.807, 2.05) is 36.4 Å². The van der Waals surface area contributed by atoms with Gasteiger partial charge in [-0.15, -0.1) is 0 Å². The van der Waals surface area contributed by atoms with Gasteiger partial charge in [0.25, 0.3) is 0 Å². The molecular weight excluding hydrogens is 636 g/mol. The molecule has 44 heavy (non-hydrogen) atoms. The fraction of sp³-hybridized carbons (Fsp3) is 0.0571. The number of halogens is 4. The zero-order chi connectivity index (χ0) is 31.2. The third kappa shape index (κ3) is 6.49. The van der Waals surface area contributed by atoms with Crippen molar-refractivity contribution in [3.63, 3.8) is 0 Å². The summed E-state index contributed by atoms with van der Waals surface area (Å²) in [5, 5.41) is 25.2. The largest absolute Gasteiger partial charge is 0.376 e. The van der Waals surface area contributed by atoms with E-state index >= 15 is 0 Å². The standard InChI is InChI=1S/C18H13Cl2NO.C17H12Cl2N2O/c19-15-9-7-13(8-10-15)18(22,14-4-3-11-21-12-14)16-5-1-2-6-17(16)20;18-14-7-5-12(6-8-14)17(22,13-9-20-11-21-10-13)15-3-1-2-4-16(15)19/h1-12,22H;1-11,22H. The monoisotopic (exact) mass is 659 g/mol. The summed E-state index contributed by atoms with van der Waals surface area (Å²) >= 11 is 24.6. The lowest BCUT2D eigenvalue weighted by Crippen LogP contribution is -2.29. The Labute approximate surface area is 275 Å². The lowest BCUT2D eigenvalue weighted by Gasteiger charge is -2.30. The van der Waals surface area contributed by atoms with Crippen LogP contribution in [-0.4, -0.2) is 25.2 Å². The lowest BCUT2D eigenvalue weighted by atomic mass is 9.81. The van der Waals surface area contributed by atoms with Crippen molar-refractivity contribution in [2.75, 3.05) is 0 Å². The second-order valence-corrected chi connectivity index (χ2v) is 11.5. The molecule has 6 rings (SSSR count). The minimum Gasteiger partial charge on any atom is -0.376 e. The molecule has 0 fully saturated rings. The second-order valence-electron chi connectivity index (χ2n) is 9.76. The van der Waals surface area contributed by atoms with Crippen molar-refractivity contribution in [2.24, 2.45) is 0 Å². The number of rotatable bonds is 6. The third-order valence-electron chi connectivity index (χ3n) is 7.11. The van der Waals surface area contributed by atoms with Crippen LogP contribution in [0.2, 0.25) is 20.1 Å². The van der Waals surface area contributed by atoms with Crippen molar-refractivity contribution in [3.8, 4) is 0 Å². The first kappa shape index (κ1) is 31.6. The minimum atomic E-state index is -1.45. The van der Waals surface area contributed by atoms with E-state index in [9.17, 15) is 10.2 Å². The van der Waals surface area contributed by atoms with E-state index in [4.69, 9.17) is 46.4 Å². The van der Waals surface area contributed by atoms with Crippen molar-refractivity contribution in [1.82, 2.24) is 15.0 Å². The predicted molar refractivity (Wildman–Crippen MR) is 176 cm³/mol. The molecule has 220 valence electrons. The molecule has 2 heterocycles. The molecule has 0 bridgehead atoms. The first-order chi connectivity index (χ1) is 21.2. The summed E-state index contributed by atoms with van der Waals surface area (Å²) in [4.78, 5) is 12.1. The van der Waals surface area contributed by atoms with Crippen LogP contribution in [0.5, 0.6) is 0 Å². The number of hydrogen-bond donors (Lipinski definition) is 2. The summed E-state index contributed by atoms with van der Waals surface area (Å²) < 4.78 is 0. The summed E-state index contributed by atoms with van der Waals surface area (Å²) in [6.45, 7) is 0. The highest BCUT2D eigenvalue weighted by Gasteiger charge is 2.37. The summed E-state index contributed by atoms with van der Waals surface area (Å²) in [6.07, 6.45) is 7.87. The van der Waals surface area contributed by atoms with Crippen LogP contribution in [0, 0.1) is 0 Å². The number of pyridine rings is 1. The quantitative estimate of drug-likeness (QED) is 0.187. The number of benzene rings is 4. The van der Waals surface area contributed by atoms with E-state index in [0.29, 0.717) is 53.5 Å². The van der Waals surface area contributed by atoms with Crippen LogP contribution < -0.4 is 0 Å². The van der Waals surface area contributed by atoms with Gasteiger partial charge in [0, 0.05) is 67.1 Å². The maximum absolute atomic E-state index is 11.5. The maximum atomic E-state index is 11.5. The Balaban J connectivity index is 0.000000175. The van der Waals surface area contributed by atoms with E-state index in [1.54, 1.807) is 97.6 Å². The van der Waals surface area contributed by atoms with Crippen molar-refractivity contribution in [3.05, 3.63) is 194 Å². The van der Waals surface area contributed by atoms with Crippen LogP contribution in [0.3, 0.4) is 0 Å². The Hall–Kier alpha value is -3.81. The Kier molecular flexibility index (Phi) is 9.97. The average Bonchev–Trinajstić information content (AvgIpc) is 3.06. The molecular formula is C35H25Cl4N3O2. The molecule has 0 spiro atoms. The van der Waals surface area contributed by atoms with Gasteiger partial charge in [0.1, 0.15) is 17.5 Å². The molecule has 9 heteroatoms. The van der Waals surface area contributed by atoms with Crippen LogP contribution in [0.15, 0.2) is 140 Å². The van der Waals surface area contributed by atoms with Crippen LogP contribution >= 0.6 is 46.4 Å². The van der Waals surface area contributed by atoms with Crippen molar-refractivity contribution >= 4 is 46.4 Å². The molecule has 6 aromatic rings. The average molecular weight is 661 g/mol. The van der Waals surface area contributed by atoms with Gasteiger partial charge < -0.3 is 10.2 Å². The Bertz CT molecular complexity index is 1690. The van der Waals surface area contributed by atoms with Crippen LogP contribution in [0.25, 0.3) is 0 Å². The first-order valence-electron chi connectivity index (χ1n) is 13.4. The van der Waals surface area contributed by atoms with Gasteiger partial charge in [-0.05, 0) is 53.6 Å². The maximum Gasteiger partial charge on any atom is 0.144 e. The SMILES string of the molecule is OC(c1ccc(Cl)cc1)(c1cccnc1)c1ccccc1Cl.OC(c1ccc(Cl)cc1)(c1cncnc1)c1ccccc1Cl. The highest BCUT2D eigenvalue weighted by atomic mass is 35.5. The molecule has 0 saturated heterocycles. The molecule has 0 amide bonds. The van der Waals surface area contributed by atoms with Crippen LogP contribution in [-0.2, 0) is 11.2 Å².